The van der Waals surface area contributed by atoms with E-state index in [-0.39, 0.29) is 11.6 Å². The van der Waals surface area contributed by atoms with E-state index in [0.29, 0.717) is 36.0 Å². The number of benzene rings is 1. The highest BCUT2D eigenvalue weighted by molar-refractivity contribution is 5.93. The van der Waals surface area contributed by atoms with Gasteiger partial charge in [0.1, 0.15) is 17.3 Å². The average molecular weight is 311 g/mol. The highest BCUT2D eigenvalue weighted by Gasteiger charge is 2.10. The number of nitrogens with zero attached hydrogens (tertiary/aromatic N) is 3. The van der Waals surface area contributed by atoms with Gasteiger partial charge in [-0.2, -0.15) is 5.26 Å². The fraction of sp³-hybridized carbons (Fsp3) is 0.250. The lowest BCUT2D eigenvalue weighted by Crippen LogP contribution is -2.28. The van der Waals surface area contributed by atoms with Crippen molar-refractivity contribution in [2.75, 3.05) is 25.6 Å². The molecule has 7 heteroatoms. The van der Waals surface area contributed by atoms with Crippen LogP contribution in [0.15, 0.2) is 30.3 Å². The largest absolute Gasteiger partial charge is 0.383 e. The molecule has 2 rings (SSSR count). The SMILES string of the molecule is COCCNC(=O)c1cc(Nc2cccc(C#N)c2)nc(C)n1. The van der Waals surface area contributed by atoms with Gasteiger partial charge in [0.15, 0.2) is 0 Å². The fourth-order valence-electron chi connectivity index (χ4n) is 1.92. The third kappa shape index (κ3) is 4.76. The highest BCUT2D eigenvalue weighted by atomic mass is 16.5. The molecule has 23 heavy (non-hydrogen) atoms. The number of aryl methyl sites for hydroxylation is 1. The summed E-state index contributed by atoms with van der Waals surface area (Å²) in [6.07, 6.45) is 0. The smallest absolute Gasteiger partial charge is 0.270 e. The van der Waals surface area contributed by atoms with Gasteiger partial charge in [0.2, 0.25) is 0 Å². The maximum absolute atomic E-state index is 12.0. The molecule has 2 aromatic rings. The molecule has 0 unspecified atom stereocenters. The fourth-order valence-corrected chi connectivity index (χ4v) is 1.92. The third-order valence-corrected chi connectivity index (χ3v) is 2.93. The molecule has 0 fully saturated rings. The first-order valence-electron chi connectivity index (χ1n) is 7.02. The highest BCUT2D eigenvalue weighted by Crippen LogP contribution is 2.16. The molecule has 1 heterocycles. The van der Waals surface area contributed by atoms with E-state index in [0.717, 1.165) is 0 Å². The number of anilines is 2. The van der Waals surface area contributed by atoms with Crippen LogP contribution in [0.2, 0.25) is 0 Å². The van der Waals surface area contributed by atoms with E-state index in [1.54, 1.807) is 38.3 Å². The number of rotatable bonds is 6. The molecule has 0 aliphatic rings. The normalized spacial score (nSPS) is 9.96. The molecule has 1 amide bonds. The summed E-state index contributed by atoms with van der Waals surface area (Å²) in [4.78, 5) is 20.4. The molecule has 1 aromatic heterocycles. The van der Waals surface area contributed by atoms with Crippen LogP contribution in [0.3, 0.4) is 0 Å². The van der Waals surface area contributed by atoms with Crippen molar-refractivity contribution in [3.05, 3.63) is 47.4 Å². The van der Waals surface area contributed by atoms with Crippen LogP contribution < -0.4 is 10.6 Å². The van der Waals surface area contributed by atoms with Crippen LogP contribution in [0.5, 0.6) is 0 Å². The number of carbonyl (C=O) groups excluding carboxylic acids is 1. The Morgan fingerprint density at radius 1 is 1.35 bits per heavy atom. The molecular weight excluding hydrogens is 294 g/mol. The lowest BCUT2D eigenvalue weighted by Gasteiger charge is -2.09. The van der Waals surface area contributed by atoms with Gasteiger partial charge in [0.05, 0.1) is 18.2 Å². The number of hydrogen-bond donors (Lipinski definition) is 2. The van der Waals surface area contributed by atoms with Gasteiger partial charge in [-0.05, 0) is 25.1 Å². The molecule has 0 saturated carbocycles. The minimum absolute atomic E-state index is 0.271. The quantitative estimate of drug-likeness (QED) is 0.789. The van der Waals surface area contributed by atoms with Crippen LogP contribution in [0.25, 0.3) is 0 Å². The number of hydrogen-bond acceptors (Lipinski definition) is 6. The predicted molar refractivity (Wildman–Crippen MR) is 85.4 cm³/mol. The van der Waals surface area contributed by atoms with E-state index in [1.165, 1.54) is 0 Å². The molecule has 2 N–H and O–H groups in total. The van der Waals surface area contributed by atoms with Crippen LogP contribution in [-0.4, -0.2) is 36.1 Å². The van der Waals surface area contributed by atoms with Gasteiger partial charge in [-0.1, -0.05) is 6.07 Å². The van der Waals surface area contributed by atoms with E-state index in [9.17, 15) is 4.79 Å². The summed E-state index contributed by atoms with van der Waals surface area (Å²) in [5, 5.41) is 14.7. The Balaban J connectivity index is 2.16. The molecule has 7 nitrogen and oxygen atoms in total. The summed E-state index contributed by atoms with van der Waals surface area (Å²) in [7, 11) is 1.57. The van der Waals surface area contributed by atoms with Gasteiger partial charge in [0, 0.05) is 25.4 Å². The second kappa shape index (κ2) is 7.87. The maximum Gasteiger partial charge on any atom is 0.270 e. The summed E-state index contributed by atoms with van der Waals surface area (Å²) < 4.78 is 4.89. The first kappa shape index (κ1) is 16.4. The van der Waals surface area contributed by atoms with Crippen LogP contribution >= 0.6 is 0 Å². The zero-order valence-electron chi connectivity index (χ0n) is 13.0. The molecule has 0 aliphatic carbocycles. The van der Waals surface area contributed by atoms with Crippen molar-refractivity contribution < 1.29 is 9.53 Å². The molecule has 0 saturated heterocycles. The minimum Gasteiger partial charge on any atom is -0.383 e. The number of amides is 1. The Morgan fingerprint density at radius 2 is 2.17 bits per heavy atom. The average Bonchev–Trinajstić information content (AvgIpc) is 2.54. The van der Waals surface area contributed by atoms with Gasteiger partial charge >= 0.3 is 0 Å². The number of carbonyl (C=O) groups is 1. The molecule has 0 bridgehead atoms. The molecule has 118 valence electrons. The molecule has 1 aromatic carbocycles. The predicted octanol–water partition coefficient (Wildman–Crippen LogP) is 1.78. The van der Waals surface area contributed by atoms with E-state index < -0.39 is 0 Å². The lowest BCUT2D eigenvalue weighted by atomic mass is 10.2. The zero-order valence-corrected chi connectivity index (χ0v) is 13.0. The van der Waals surface area contributed by atoms with Crippen molar-refractivity contribution in [3.63, 3.8) is 0 Å². The van der Waals surface area contributed by atoms with Gasteiger partial charge < -0.3 is 15.4 Å². The molecule has 0 spiro atoms. The van der Waals surface area contributed by atoms with Crippen molar-refractivity contribution in [2.45, 2.75) is 6.92 Å². The maximum atomic E-state index is 12.0. The Bertz CT molecular complexity index is 739. The number of nitrogens with one attached hydrogen (secondary N) is 2. The summed E-state index contributed by atoms with van der Waals surface area (Å²) in [6.45, 7) is 2.55. The van der Waals surface area contributed by atoms with E-state index >= 15 is 0 Å². The Hall–Kier alpha value is -2.98. The minimum atomic E-state index is -0.290. The molecule has 0 aliphatic heterocycles. The lowest BCUT2D eigenvalue weighted by molar-refractivity contribution is 0.0932. The third-order valence-electron chi connectivity index (χ3n) is 2.93. The summed E-state index contributed by atoms with van der Waals surface area (Å²) in [5.74, 6) is 0.675. The van der Waals surface area contributed by atoms with Crippen molar-refractivity contribution in [1.29, 1.82) is 5.26 Å². The number of ether oxygens (including phenoxy) is 1. The summed E-state index contributed by atoms with van der Waals surface area (Å²) >= 11 is 0. The van der Waals surface area contributed by atoms with Gasteiger partial charge in [0.25, 0.3) is 5.91 Å². The second-order valence-corrected chi connectivity index (χ2v) is 4.75. The topological polar surface area (TPSA) is 99.9 Å². The first-order valence-corrected chi connectivity index (χ1v) is 7.02. The van der Waals surface area contributed by atoms with Crippen LogP contribution in [0, 0.1) is 18.3 Å². The number of nitriles is 1. The number of methoxy groups -OCH3 is 1. The second-order valence-electron chi connectivity index (χ2n) is 4.75. The molecular formula is C16H17N5O2. The van der Waals surface area contributed by atoms with Crippen LogP contribution in [-0.2, 0) is 4.74 Å². The van der Waals surface area contributed by atoms with Crippen LogP contribution in [0.1, 0.15) is 21.9 Å². The monoisotopic (exact) mass is 311 g/mol. The molecule has 0 radical (unpaired) electrons. The van der Waals surface area contributed by atoms with E-state index in [2.05, 4.69) is 26.7 Å². The van der Waals surface area contributed by atoms with Crippen LogP contribution in [0.4, 0.5) is 11.5 Å². The van der Waals surface area contributed by atoms with Gasteiger partial charge in [-0.15, -0.1) is 0 Å². The van der Waals surface area contributed by atoms with Crippen molar-refractivity contribution in [2.24, 2.45) is 0 Å². The summed E-state index contributed by atoms with van der Waals surface area (Å²) in [6, 6.07) is 10.6. The van der Waals surface area contributed by atoms with Crippen molar-refractivity contribution in [3.8, 4) is 6.07 Å². The van der Waals surface area contributed by atoms with E-state index in [4.69, 9.17) is 10.00 Å². The Morgan fingerprint density at radius 3 is 2.91 bits per heavy atom. The summed E-state index contributed by atoms with van der Waals surface area (Å²) in [5.41, 5.74) is 1.53. The number of aromatic nitrogens is 2. The Labute approximate surface area is 134 Å². The van der Waals surface area contributed by atoms with Crippen molar-refractivity contribution >= 4 is 17.4 Å². The van der Waals surface area contributed by atoms with Gasteiger partial charge in [-0.25, -0.2) is 9.97 Å². The Kier molecular flexibility index (Phi) is 5.61. The standard InChI is InChI=1S/C16H17N5O2/c1-11-19-14(16(22)18-6-7-23-2)9-15(20-11)21-13-5-3-4-12(8-13)10-17/h3-5,8-9H,6-7H2,1-2H3,(H,18,22)(H,19,20,21). The van der Waals surface area contributed by atoms with E-state index in [1.807, 2.05) is 6.07 Å². The van der Waals surface area contributed by atoms with Crippen molar-refractivity contribution in [1.82, 2.24) is 15.3 Å². The zero-order chi connectivity index (χ0) is 16.7. The molecule has 0 atom stereocenters. The first-order chi connectivity index (χ1) is 11.1. The van der Waals surface area contributed by atoms with Gasteiger partial charge in [-0.3, -0.25) is 4.79 Å².